The van der Waals surface area contributed by atoms with Crippen LogP contribution in [0.1, 0.15) is 49.7 Å². The van der Waals surface area contributed by atoms with Gasteiger partial charge >= 0.3 is 0 Å². The quantitative estimate of drug-likeness (QED) is 0.494. The summed E-state index contributed by atoms with van der Waals surface area (Å²) in [5.41, 5.74) is 3.23. The molecule has 1 fully saturated rings. The number of rotatable bonds is 6. The molecule has 2 aliphatic heterocycles. The fourth-order valence-electron chi connectivity index (χ4n) is 4.27. The van der Waals surface area contributed by atoms with Gasteiger partial charge in [-0.3, -0.25) is 4.79 Å². The second-order valence-electron chi connectivity index (χ2n) is 8.18. The largest absolute Gasteiger partial charge is 0.357 e. The highest BCUT2D eigenvalue weighted by molar-refractivity contribution is 5.94. The molecule has 7 heteroatoms. The molecule has 2 aliphatic rings. The molecule has 1 aromatic carbocycles. The van der Waals surface area contributed by atoms with Crippen LogP contribution in [0, 0.1) is 0 Å². The number of anilines is 2. The number of benzene rings is 1. The van der Waals surface area contributed by atoms with Crippen LogP contribution in [-0.4, -0.2) is 43.0 Å². The zero-order valence-electron chi connectivity index (χ0n) is 18.2. The molecule has 0 saturated carbocycles. The molecule has 0 aliphatic carbocycles. The first kappa shape index (κ1) is 21.2. The lowest BCUT2D eigenvalue weighted by atomic mass is 9.90. The molecule has 1 aromatic heterocycles. The van der Waals surface area contributed by atoms with Gasteiger partial charge in [0, 0.05) is 50.4 Å². The molecule has 1 amide bonds. The Morgan fingerprint density at radius 2 is 2.03 bits per heavy atom. The van der Waals surface area contributed by atoms with E-state index in [2.05, 4.69) is 44.9 Å². The van der Waals surface area contributed by atoms with Crippen molar-refractivity contribution in [3.8, 4) is 0 Å². The number of nitrogens with one attached hydrogen (secondary N) is 3. The highest BCUT2D eigenvalue weighted by Gasteiger charge is 2.24. The molecular weight excluding hydrogens is 388 g/mol. The lowest BCUT2D eigenvalue weighted by Crippen LogP contribution is -2.40. The van der Waals surface area contributed by atoms with Crippen LogP contribution in [0.4, 0.5) is 11.5 Å². The van der Waals surface area contributed by atoms with Crippen LogP contribution in [-0.2, 0) is 11.3 Å². The summed E-state index contributed by atoms with van der Waals surface area (Å²) < 4.78 is 0. The van der Waals surface area contributed by atoms with Gasteiger partial charge in [0.25, 0.3) is 0 Å². The van der Waals surface area contributed by atoms with E-state index in [4.69, 9.17) is 4.99 Å². The lowest BCUT2D eigenvalue weighted by Gasteiger charge is -2.27. The number of pyridine rings is 1. The van der Waals surface area contributed by atoms with Crippen LogP contribution in [0.25, 0.3) is 0 Å². The molecule has 0 radical (unpaired) electrons. The Morgan fingerprint density at radius 3 is 2.87 bits per heavy atom. The van der Waals surface area contributed by atoms with E-state index < -0.39 is 0 Å². The van der Waals surface area contributed by atoms with E-state index in [1.54, 1.807) is 0 Å². The van der Waals surface area contributed by atoms with Crippen LogP contribution >= 0.6 is 0 Å². The first-order chi connectivity index (χ1) is 15.2. The second kappa shape index (κ2) is 10.3. The molecule has 0 spiro atoms. The predicted octanol–water partition coefficient (Wildman–Crippen LogP) is 3.25. The summed E-state index contributed by atoms with van der Waals surface area (Å²) in [7, 11) is 0. The molecular formula is C24H32N6O. The van der Waals surface area contributed by atoms with Gasteiger partial charge in [0.05, 0.1) is 6.54 Å². The summed E-state index contributed by atoms with van der Waals surface area (Å²) in [6.45, 7) is 6.25. The second-order valence-corrected chi connectivity index (χ2v) is 8.18. The maximum atomic E-state index is 12.1. The van der Waals surface area contributed by atoms with Crippen molar-refractivity contribution in [1.29, 1.82) is 0 Å². The molecule has 0 bridgehead atoms. The van der Waals surface area contributed by atoms with Gasteiger partial charge in [-0.15, -0.1) is 0 Å². The number of aliphatic imine (C=N–C) groups is 1. The van der Waals surface area contributed by atoms with Crippen molar-refractivity contribution in [2.45, 2.75) is 45.1 Å². The van der Waals surface area contributed by atoms with Gasteiger partial charge in [-0.05, 0) is 55.5 Å². The lowest BCUT2D eigenvalue weighted by molar-refractivity contribution is -0.116. The fraction of sp³-hybridized carbons (Fsp3) is 0.458. The summed E-state index contributed by atoms with van der Waals surface area (Å²) in [5, 5.41) is 9.71. The Hall–Kier alpha value is -3.09. The highest BCUT2D eigenvalue weighted by Crippen LogP contribution is 2.31. The van der Waals surface area contributed by atoms with E-state index >= 15 is 0 Å². The minimum atomic E-state index is 0.0643. The number of hydrogen-bond donors (Lipinski definition) is 3. The Kier molecular flexibility index (Phi) is 7.02. The van der Waals surface area contributed by atoms with Crippen LogP contribution in [0.15, 0.2) is 47.6 Å². The molecule has 31 heavy (non-hydrogen) atoms. The minimum absolute atomic E-state index is 0.0643. The average Bonchev–Trinajstić information content (AvgIpc) is 2.81. The maximum absolute atomic E-state index is 12.1. The third-order valence-electron chi connectivity index (χ3n) is 5.88. The van der Waals surface area contributed by atoms with Gasteiger partial charge in [0.2, 0.25) is 5.91 Å². The van der Waals surface area contributed by atoms with Gasteiger partial charge in [-0.25, -0.2) is 9.98 Å². The summed E-state index contributed by atoms with van der Waals surface area (Å²) >= 11 is 0. The van der Waals surface area contributed by atoms with E-state index in [1.807, 2.05) is 30.5 Å². The summed E-state index contributed by atoms with van der Waals surface area (Å²) in [6, 6.07) is 12.2. The highest BCUT2D eigenvalue weighted by atomic mass is 16.1. The van der Waals surface area contributed by atoms with E-state index in [-0.39, 0.29) is 11.8 Å². The number of piperidine rings is 1. The first-order valence-corrected chi connectivity index (χ1v) is 11.3. The number of nitrogens with zero attached hydrogens (tertiary/aromatic N) is 3. The number of guanidine groups is 1. The predicted molar refractivity (Wildman–Crippen MR) is 126 cm³/mol. The minimum Gasteiger partial charge on any atom is -0.357 e. The van der Waals surface area contributed by atoms with Gasteiger partial charge in [-0.1, -0.05) is 18.2 Å². The molecule has 7 nitrogen and oxygen atoms in total. The maximum Gasteiger partial charge on any atom is 0.225 e. The topological polar surface area (TPSA) is 81.7 Å². The number of aromatic nitrogens is 1. The zero-order chi connectivity index (χ0) is 21.5. The van der Waals surface area contributed by atoms with Gasteiger partial charge in [-0.2, -0.15) is 0 Å². The summed E-state index contributed by atoms with van der Waals surface area (Å²) in [4.78, 5) is 23.8. The van der Waals surface area contributed by atoms with Crippen molar-refractivity contribution >= 4 is 23.4 Å². The summed E-state index contributed by atoms with van der Waals surface area (Å²) in [5.74, 6) is 2.01. The summed E-state index contributed by atoms with van der Waals surface area (Å²) in [6.07, 6.45) is 6.15. The normalized spacial score (nSPS) is 18.9. The SMILES string of the molecule is CCNC(=NCc1ccnc(N2CCCCC2)c1)NCC1CC(=O)Nc2ccccc21. The van der Waals surface area contributed by atoms with Crippen molar-refractivity contribution in [1.82, 2.24) is 15.6 Å². The van der Waals surface area contributed by atoms with Crippen LogP contribution in [0.5, 0.6) is 0 Å². The number of amides is 1. The van der Waals surface area contributed by atoms with Crippen molar-refractivity contribution < 1.29 is 4.79 Å². The number of para-hydroxylation sites is 1. The van der Waals surface area contributed by atoms with E-state index in [9.17, 15) is 4.79 Å². The molecule has 2 aromatic rings. The van der Waals surface area contributed by atoms with Crippen LogP contribution in [0.3, 0.4) is 0 Å². The Balaban J connectivity index is 1.40. The van der Waals surface area contributed by atoms with Crippen LogP contribution in [0.2, 0.25) is 0 Å². The Bertz CT molecular complexity index is 922. The number of hydrogen-bond acceptors (Lipinski definition) is 4. The average molecular weight is 421 g/mol. The Morgan fingerprint density at radius 1 is 1.19 bits per heavy atom. The van der Waals surface area contributed by atoms with Crippen molar-refractivity contribution in [2.75, 3.05) is 36.4 Å². The van der Waals surface area contributed by atoms with Crippen LogP contribution < -0.4 is 20.9 Å². The van der Waals surface area contributed by atoms with Crippen molar-refractivity contribution in [3.05, 3.63) is 53.7 Å². The van der Waals surface area contributed by atoms with Gasteiger partial charge in [0.1, 0.15) is 5.82 Å². The Labute approximate surface area is 184 Å². The molecule has 4 rings (SSSR count). The smallest absolute Gasteiger partial charge is 0.225 e. The zero-order valence-corrected chi connectivity index (χ0v) is 18.2. The monoisotopic (exact) mass is 420 g/mol. The first-order valence-electron chi connectivity index (χ1n) is 11.3. The number of fused-ring (bicyclic) bond motifs is 1. The van der Waals surface area contributed by atoms with E-state index in [1.165, 1.54) is 24.8 Å². The van der Waals surface area contributed by atoms with Crippen molar-refractivity contribution in [2.24, 2.45) is 4.99 Å². The standard InChI is InChI=1S/C24H32N6O/c1-2-25-24(28-17-19-15-23(31)29-21-9-5-4-8-20(19)21)27-16-18-10-11-26-22(14-18)30-12-6-3-7-13-30/h4-5,8-11,14,19H,2-3,6-7,12-13,15-17H2,1H3,(H,29,31)(H2,25,27,28). The third kappa shape index (κ3) is 5.54. The van der Waals surface area contributed by atoms with Gasteiger partial charge in [0.15, 0.2) is 5.96 Å². The van der Waals surface area contributed by atoms with E-state index in [0.29, 0.717) is 19.5 Å². The molecule has 1 unspecified atom stereocenters. The molecule has 3 heterocycles. The third-order valence-corrected chi connectivity index (χ3v) is 5.88. The molecule has 3 N–H and O–H groups in total. The number of carbonyl (C=O) groups excluding carboxylic acids is 1. The molecule has 164 valence electrons. The molecule has 1 saturated heterocycles. The number of carbonyl (C=O) groups is 1. The molecule has 1 atom stereocenters. The van der Waals surface area contributed by atoms with Gasteiger partial charge < -0.3 is 20.9 Å². The fourth-order valence-corrected chi connectivity index (χ4v) is 4.27. The van der Waals surface area contributed by atoms with Crippen molar-refractivity contribution in [3.63, 3.8) is 0 Å². The van der Waals surface area contributed by atoms with E-state index in [0.717, 1.165) is 42.7 Å².